The van der Waals surface area contributed by atoms with E-state index in [1.807, 2.05) is 0 Å². The highest BCUT2D eigenvalue weighted by molar-refractivity contribution is 5.96. The molecule has 4 N–H and O–H groups in total. The van der Waals surface area contributed by atoms with Gasteiger partial charge in [-0.25, -0.2) is 4.98 Å². The summed E-state index contributed by atoms with van der Waals surface area (Å²) in [5.74, 6) is 0.390. The number of allylic oxidation sites excluding steroid dienone is 1. The van der Waals surface area contributed by atoms with Gasteiger partial charge in [0.15, 0.2) is 0 Å². The summed E-state index contributed by atoms with van der Waals surface area (Å²) < 4.78 is 0. The van der Waals surface area contributed by atoms with E-state index >= 15 is 0 Å². The van der Waals surface area contributed by atoms with Crippen LogP contribution in [-0.2, 0) is 19.3 Å². The minimum atomic E-state index is -0.576. The molecule has 5 heterocycles. The van der Waals surface area contributed by atoms with Crippen molar-refractivity contribution in [2.45, 2.75) is 91.6 Å². The molecule has 1 aliphatic carbocycles. The Kier molecular flexibility index (Phi) is 6.51. The van der Waals surface area contributed by atoms with Crippen LogP contribution in [0.15, 0.2) is 18.2 Å². The topological polar surface area (TPSA) is 97.8 Å². The lowest BCUT2D eigenvalue weighted by molar-refractivity contribution is 0.239. The SMILES string of the molecule is CCc1c(C)c2cc3[nH]c(cc4nc(c5c6nc(cc1[nH]2)C(C)=C6C(O)C5)[C@@H](CCCO)[C@@H]4C)c(C)c3CC. The molecule has 0 saturated heterocycles. The molecule has 2 aliphatic heterocycles. The molecular formula is C33H40N4O2. The second-order valence-corrected chi connectivity index (χ2v) is 11.5. The molecule has 3 aliphatic rings. The lowest BCUT2D eigenvalue weighted by Crippen LogP contribution is -2.08. The Bertz CT molecular complexity index is 1670. The summed E-state index contributed by atoms with van der Waals surface area (Å²) in [7, 11) is 0. The molecular weight excluding hydrogens is 484 g/mol. The number of aromatic nitrogens is 4. The molecule has 3 aromatic rings. The molecule has 3 atom stereocenters. The number of aliphatic hydroxyl groups is 2. The van der Waals surface area contributed by atoms with Crippen LogP contribution in [0.25, 0.3) is 33.2 Å². The van der Waals surface area contributed by atoms with Gasteiger partial charge in [0.2, 0.25) is 0 Å². The van der Waals surface area contributed by atoms with E-state index in [4.69, 9.17) is 9.97 Å². The van der Waals surface area contributed by atoms with Crippen LogP contribution < -0.4 is 0 Å². The van der Waals surface area contributed by atoms with E-state index < -0.39 is 6.10 Å². The van der Waals surface area contributed by atoms with Gasteiger partial charge in [-0.2, -0.15) is 0 Å². The standard InChI is InChI=1S/C33H40N4O2/c1-7-20-16(3)24-13-26-18(5)22(10-9-11-38)32(36-26)23-12-30(39)31-19(6)27(37-33(23)31)15-29-21(8-2)17(4)25(35-29)14-28(20)34-24/h13-15,18,22,30,34-35,38-39H,7-12H2,1-6H3/t18-,22-,30?/m0/s1. The van der Waals surface area contributed by atoms with Gasteiger partial charge in [0.05, 0.1) is 17.5 Å². The van der Waals surface area contributed by atoms with Crippen molar-refractivity contribution in [1.82, 2.24) is 19.9 Å². The highest BCUT2D eigenvalue weighted by Crippen LogP contribution is 2.47. The fourth-order valence-electron chi connectivity index (χ4n) is 7.13. The maximum Gasteiger partial charge on any atom is 0.0856 e. The number of nitrogens with one attached hydrogen (secondary N) is 2. The van der Waals surface area contributed by atoms with Crippen molar-refractivity contribution in [1.29, 1.82) is 0 Å². The van der Waals surface area contributed by atoms with Crippen molar-refractivity contribution in [3.8, 4) is 0 Å². The predicted octanol–water partition coefficient (Wildman–Crippen LogP) is 6.56. The summed E-state index contributed by atoms with van der Waals surface area (Å²) in [5, 5.41) is 20.9. The van der Waals surface area contributed by atoms with E-state index in [1.54, 1.807) is 0 Å². The van der Waals surface area contributed by atoms with E-state index in [-0.39, 0.29) is 18.4 Å². The van der Waals surface area contributed by atoms with Gasteiger partial charge in [-0.05, 0) is 92.5 Å². The Morgan fingerprint density at radius 1 is 0.897 bits per heavy atom. The van der Waals surface area contributed by atoms with Crippen LogP contribution in [0.4, 0.5) is 0 Å². The summed E-state index contributed by atoms with van der Waals surface area (Å²) in [6, 6.07) is 6.64. The molecule has 6 rings (SSSR count). The molecule has 8 bridgehead atoms. The zero-order valence-corrected chi connectivity index (χ0v) is 24.0. The molecule has 0 saturated carbocycles. The highest BCUT2D eigenvalue weighted by atomic mass is 16.3. The number of hydrogen-bond acceptors (Lipinski definition) is 4. The molecule has 0 amide bonds. The Morgan fingerprint density at radius 3 is 2.18 bits per heavy atom. The Labute approximate surface area is 230 Å². The highest BCUT2D eigenvalue weighted by Gasteiger charge is 2.38. The smallest absolute Gasteiger partial charge is 0.0856 e. The van der Waals surface area contributed by atoms with Gasteiger partial charge in [0.1, 0.15) is 0 Å². The first-order valence-electron chi connectivity index (χ1n) is 14.5. The van der Waals surface area contributed by atoms with Crippen molar-refractivity contribution in [3.63, 3.8) is 0 Å². The van der Waals surface area contributed by atoms with Gasteiger partial charge in [-0.3, -0.25) is 4.98 Å². The maximum atomic E-state index is 11.2. The molecule has 39 heavy (non-hydrogen) atoms. The molecule has 204 valence electrons. The fraction of sp³-hybridized carbons (Fsp3) is 0.455. The first-order chi connectivity index (χ1) is 18.8. The van der Waals surface area contributed by atoms with Crippen LogP contribution in [0.3, 0.4) is 0 Å². The number of nitrogens with zero attached hydrogens (tertiary/aromatic N) is 2. The molecule has 0 radical (unpaired) electrons. The number of aryl methyl sites for hydroxylation is 4. The van der Waals surface area contributed by atoms with Gasteiger partial charge >= 0.3 is 0 Å². The number of aromatic amines is 2. The normalized spacial score (nSPS) is 20.4. The average molecular weight is 525 g/mol. The third kappa shape index (κ3) is 3.99. The second kappa shape index (κ2) is 9.76. The van der Waals surface area contributed by atoms with Gasteiger partial charge in [0.25, 0.3) is 0 Å². The van der Waals surface area contributed by atoms with E-state index in [1.165, 1.54) is 22.3 Å². The minimum Gasteiger partial charge on any atom is -0.396 e. The van der Waals surface area contributed by atoms with Crippen LogP contribution >= 0.6 is 0 Å². The van der Waals surface area contributed by atoms with Crippen molar-refractivity contribution >= 4 is 33.2 Å². The van der Waals surface area contributed by atoms with E-state index in [0.717, 1.165) is 87.2 Å². The zero-order valence-electron chi connectivity index (χ0n) is 24.0. The zero-order chi connectivity index (χ0) is 27.6. The molecule has 6 heteroatoms. The largest absolute Gasteiger partial charge is 0.396 e. The monoisotopic (exact) mass is 524 g/mol. The maximum absolute atomic E-state index is 11.2. The summed E-state index contributed by atoms with van der Waals surface area (Å²) in [5.41, 5.74) is 16.5. The van der Waals surface area contributed by atoms with E-state index in [0.29, 0.717) is 6.42 Å². The summed E-state index contributed by atoms with van der Waals surface area (Å²) in [6.07, 6.45) is 3.41. The predicted molar refractivity (Wildman–Crippen MR) is 159 cm³/mol. The Hall–Kier alpha value is -3.22. The summed E-state index contributed by atoms with van der Waals surface area (Å²) >= 11 is 0. The summed E-state index contributed by atoms with van der Waals surface area (Å²) in [6.45, 7) is 13.3. The molecule has 3 aromatic heterocycles. The molecule has 1 unspecified atom stereocenters. The van der Waals surface area contributed by atoms with Crippen LogP contribution in [0.1, 0.15) is 103 Å². The van der Waals surface area contributed by atoms with E-state index in [9.17, 15) is 10.2 Å². The van der Waals surface area contributed by atoms with Crippen LogP contribution in [0.2, 0.25) is 0 Å². The molecule has 0 spiro atoms. The Balaban J connectivity index is 1.78. The number of H-pyrrole nitrogens is 2. The first kappa shape index (κ1) is 26.0. The fourth-order valence-corrected chi connectivity index (χ4v) is 7.13. The minimum absolute atomic E-state index is 0.164. The van der Waals surface area contributed by atoms with Gasteiger partial charge < -0.3 is 20.2 Å². The lowest BCUT2D eigenvalue weighted by Gasteiger charge is -2.16. The first-order valence-corrected chi connectivity index (χ1v) is 14.5. The number of rotatable bonds is 5. The van der Waals surface area contributed by atoms with Crippen molar-refractivity contribution in [3.05, 3.63) is 68.8 Å². The van der Waals surface area contributed by atoms with Crippen LogP contribution in [0.5, 0.6) is 0 Å². The van der Waals surface area contributed by atoms with Crippen molar-refractivity contribution in [2.75, 3.05) is 6.61 Å². The summed E-state index contributed by atoms with van der Waals surface area (Å²) in [4.78, 5) is 17.8. The van der Waals surface area contributed by atoms with Crippen molar-refractivity contribution < 1.29 is 10.2 Å². The molecule has 6 nitrogen and oxygen atoms in total. The molecule has 0 aromatic carbocycles. The second-order valence-electron chi connectivity index (χ2n) is 11.5. The lowest BCUT2D eigenvalue weighted by atomic mass is 9.85. The Morgan fingerprint density at radius 2 is 1.54 bits per heavy atom. The van der Waals surface area contributed by atoms with E-state index in [2.05, 4.69) is 69.7 Å². The van der Waals surface area contributed by atoms with Crippen molar-refractivity contribution in [2.24, 2.45) is 0 Å². The number of aliphatic hydroxyl groups excluding tert-OH is 2. The van der Waals surface area contributed by atoms with Crippen LogP contribution in [0, 0.1) is 13.8 Å². The third-order valence-corrected chi connectivity index (χ3v) is 9.42. The number of fused-ring (bicyclic) bond motifs is 8. The molecule has 0 fully saturated rings. The average Bonchev–Trinajstić information content (AvgIpc) is 3.65. The third-order valence-electron chi connectivity index (χ3n) is 9.42. The van der Waals surface area contributed by atoms with Gasteiger partial charge in [0, 0.05) is 69.5 Å². The number of hydrogen-bond donors (Lipinski definition) is 4. The quantitative estimate of drug-likeness (QED) is 0.304. The van der Waals surface area contributed by atoms with Gasteiger partial charge in [-0.1, -0.05) is 20.8 Å². The van der Waals surface area contributed by atoms with Gasteiger partial charge in [-0.15, -0.1) is 0 Å². The van der Waals surface area contributed by atoms with Crippen LogP contribution in [-0.4, -0.2) is 42.9 Å².